The molecule has 0 spiro atoms. The number of fused-ring (bicyclic) bond motifs is 1. The third kappa shape index (κ3) is 3.42. The van der Waals surface area contributed by atoms with Gasteiger partial charge in [-0.15, -0.1) is 11.3 Å². The van der Waals surface area contributed by atoms with Crippen LogP contribution in [0, 0.1) is 0 Å². The number of benzene rings is 1. The van der Waals surface area contributed by atoms with Crippen LogP contribution >= 0.6 is 11.3 Å². The van der Waals surface area contributed by atoms with Crippen LogP contribution in [0.5, 0.6) is 0 Å². The van der Waals surface area contributed by atoms with Gasteiger partial charge in [0.15, 0.2) is 0 Å². The zero-order chi connectivity index (χ0) is 18.8. The van der Waals surface area contributed by atoms with Crippen molar-refractivity contribution in [2.24, 2.45) is 0 Å². The van der Waals surface area contributed by atoms with Gasteiger partial charge in [-0.1, -0.05) is 30.3 Å². The Balaban J connectivity index is 1.64. The van der Waals surface area contributed by atoms with E-state index < -0.39 is 17.2 Å². The summed E-state index contributed by atoms with van der Waals surface area (Å²) in [6.45, 7) is 0.102. The molecule has 27 heavy (non-hydrogen) atoms. The minimum absolute atomic E-state index is 0.0433. The molecule has 2 N–H and O–H groups in total. The average Bonchev–Trinajstić information content (AvgIpc) is 3.34. The fourth-order valence-corrected chi connectivity index (χ4v) is 3.49. The van der Waals surface area contributed by atoms with E-state index in [2.05, 4.69) is 20.4 Å². The van der Waals surface area contributed by atoms with Crippen LogP contribution in [0.2, 0.25) is 0 Å². The number of thiophene rings is 1. The number of carbonyl (C=O) groups is 1. The molecule has 0 unspecified atom stereocenters. The number of carbonyl (C=O) groups excluding carboxylic acids is 1. The normalized spacial score (nSPS) is 11.0. The summed E-state index contributed by atoms with van der Waals surface area (Å²) < 4.78 is 6.25. The summed E-state index contributed by atoms with van der Waals surface area (Å²) in [5, 5.41) is 10.1. The zero-order valence-electron chi connectivity index (χ0n) is 13.8. The molecule has 0 radical (unpaired) electrons. The topological polar surface area (TPSA) is 123 Å². The lowest BCUT2D eigenvalue weighted by atomic mass is 10.2. The highest BCUT2D eigenvalue weighted by Gasteiger charge is 2.17. The van der Waals surface area contributed by atoms with E-state index in [1.165, 1.54) is 12.3 Å². The van der Waals surface area contributed by atoms with Gasteiger partial charge in [0.1, 0.15) is 22.0 Å². The second-order valence-corrected chi connectivity index (χ2v) is 6.75. The maximum atomic E-state index is 12.7. The Hall–Kier alpha value is -3.53. The van der Waals surface area contributed by atoms with E-state index in [-0.39, 0.29) is 23.4 Å². The summed E-state index contributed by atoms with van der Waals surface area (Å²) >= 11 is 0.999. The number of H-pyrrole nitrogens is 2. The number of aromatic nitrogens is 5. The summed E-state index contributed by atoms with van der Waals surface area (Å²) in [6, 6.07) is 10.6. The number of hydrogen-bond donors (Lipinski definition) is 2. The Morgan fingerprint density at radius 2 is 2.04 bits per heavy atom. The minimum atomic E-state index is -0.603. The van der Waals surface area contributed by atoms with Crippen LogP contribution in [0.3, 0.4) is 0 Å². The van der Waals surface area contributed by atoms with Crippen LogP contribution in [0.25, 0.3) is 10.2 Å². The molecule has 3 aromatic heterocycles. The van der Waals surface area contributed by atoms with Crippen molar-refractivity contribution in [1.82, 2.24) is 25.0 Å². The lowest BCUT2D eigenvalue weighted by Gasteiger charge is -2.04. The Bertz CT molecular complexity index is 1210. The molecule has 0 bridgehead atoms. The van der Waals surface area contributed by atoms with E-state index >= 15 is 0 Å². The summed E-state index contributed by atoms with van der Waals surface area (Å²) in [7, 11) is 0. The largest absolute Gasteiger partial charge is 0.455 e. The van der Waals surface area contributed by atoms with Crippen LogP contribution < -0.4 is 11.2 Å². The van der Waals surface area contributed by atoms with Gasteiger partial charge in [0.2, 0.25) is 0 Å². The van der Waals surface area contributed by atoms with Gasteiger partial charge in [0, 0.05) is 0 Å². The van der Waals surface area contributed by atoms with Crippen LogP contribution in [0.15, 0.2) is 52.2 Å². The van der Waals surface area contributed by atoms with E-state index in [4.69, 9.17) is 4.74 Å². The van der Waals surface area contributed by atoms with Crippen molar-refractivity contribution < 1.29 is 9.53 Å². The first kappa shape index (κ1) is 16.9. The Kier molecular flexibility index (Phi) is 4.38. The highest BCUT2D eigenvalue weighted by atomic mass is 32.1. The maximum absolute atomic E-state index is 12.7. The summed E-state index contributed by atoms with van der Waals surface area (Å²) in [5.74, 6) is -0.603. The molecule has 4 rings (SSSR count). The molecule has 10 heteroatoms. The predicted molar refractivity (Wildman–Crippen MR) is 97.8 cm³/mol. The number of hydrogen-bond acceptors (Lipinski definition) is 7. The molecule has 3 heterocycles. The molecular formula is C17H13N5O4S. The maximum Gasteiger partial charge on any atom is 0.348 e. The molecule has 0 aliphatic carbocycles. The second-order valence-electron chi connectivity index (χ2n) is 5.70. The molecule has 0 atom stereocenters. The van der Waals surface area contributed by atoms with Gasteiger partial charge in [-0.3, -0.25) is 14.3 Å². The summed E-state index contributed by atoms with van der Waals surface area (Å²) in [6.07, 6.45) is 1.44. The highest BCUT2D eigenvalue weighted by Crippen LogP contribution is 2.21. The third-order valence-corrected chi connectivity index (χ3v) is 4.90. The van der Waals surface area contributed by atoms with Crippen molar-refractivity contribution in [3.05, 3.63) is 79.6 Å². The number of ether oxygens (including phenoxy) is 1. The van der Waals surface area contributed by atoms with Gasteiger partial charge in [0.05, 0.1) is 18.1 Å². The first-order valence-corrected chi connectivity index (χ1v) is 8.76. The van der Waals surface area contributed by atoms with Crippen LogP contribution in [-0.4, -0.2) is 30.9 Å². The van der Waals surface area contributed by atoms with Crippen molar-refractivity contribution in [3.8, 4) is 0 Å². The summed E-state index contributed by atoms with van der Waals surface area (Å²) in [5.41, 5.74) is 0.320. The van der Waals surface area contributed by atoms with Crippen LogP contribution in [0.4, 0.5) is 0 Å². The van der Waals surface area contributed by atoms with Gasteiger partial charge in [-0.05, 0) is 11.6 Å². The van der Waals surface area contributed by atoms with Crippen molar-refractivity contribution in [3.63, 3.8) is 0 Å². The van der Waals surface area contributed by atoms with Crippen LogP contribution in [0.1, 0.15) is 20.9 Å². The molecule has 0 fully saturated rings. The first-order valence-electron chi connectivity index (χ1n) is 7.94. The first-order chi connectivity index (χ1) is 13.1. The Labute approximate surface area is 155 Å². The standard InChI is InChI=1S/C17H13N5O4S/c23-15-12-6-13(16(24)26-9-11-7-18-21-20-11)27-14(12)19-17(25)22(15)8-10-4-2-1-3-5-10/h1-7H,8-9H2,(H,19,25)(H,18,20,21). The van der Waals surface area contributed by atoms with Gasteiger partial charge in [0.25, 0.3) is 5.56 Å². The monoisotopic (exact) mass is 383 g/mol. The van der Waals surface area contributed by atoms with E-state index in [0.717, 1.165) is 21.5 Å². The SMILES string of the molecule is O=C(OCc1cn[nH]n1)c1cc2c(=O)n(Cc3ccccc3)c(=O)[nH]c2s1. The predicted octanol–water partition coefficient (Wildman–Crippen LogP) is 1.27. The molecule has 136 valence electrons. The van der Waals surface area contributed by atoms with Gasteiger partial charge in [-0.25, -0.2) is 9.59 Å². The lowest BCUT2D eigenvalue weighted by molar-refractivity contribution is 0.0473. The van der Waals surface area contributed by atoms with Crippen molar-refractivity contribution in [2.75, 3.05) is 0 Å². The fraction of sp³-hybridized carbons (Fsp3) is 0.118. The van der Waals surface area contributed by atoms with Gasteiger partial charge >= 0.3 is 11.7 Å². The number of rotatable bonds is 5. The quantitative estimate of drug-likeness (QED) is 0.501. The minimum Gasteiger partial charge on any atom is -0.455 e. The van der Waals surface area contributed by atoms with E-state index in [0.29, 0.717) is 10.5 Å². The van der Waals surface area contributed by atoms with E-state index in [9.17, 15) is 14.4 Å². The summed E-state index contributed by atoms with van der Waals surface area (Å²) in [4.78, 5) is 40.4. The Morgan fingerprint density at radius 3 is 2.78 bits per heavy atom. The van der Waals surface area contributed by atoms with Crippen molar-refractivity contribution in [2.45, 2.75) is 13.2 Å². The number of nitrogens with zero attached hydrogens (tertiary/aromatic N) is 3. The molecule has 0 amide bonds. The highest BCUT2D eigenvalue weighted by molar-refractivity contribution is 7.20. The van der Waals surface area contributed by atoms with Crippen molar-refractivity contribution >= 4 is 27.5 Å². The molecule has 0 aliphatic heterocycles. The molecule has 0 saturated heterocycles. The van der Waals surface area contributed by atoms with Gasteiger partial charge < -0.3 is 4.74 Å². The molecule has 4 aromatic rings. The smallest absolute Gasteiger partial charge is 0.348 e. The van der Waals surface area contributed by atoms with Crippen molar-refractivity contribution in [1.29, 1.82) is 0 Å². The van der Waals surface area contributed by atoms with E-state index in [1.54, 1.807) is 0 Å². The second kappa shape index (κ2) is 7.00. The molecule has 0 aliphatic rings. The average molecular weight is 383 g/mol. The molecule has 9 nitrogen and oxygen atoms in total. The molecule has 1 aromatic carbocycles. The number of esters is 1. The Morgan fingerprint density at radius 1 is 1.22 bits per heavy atom. The zero-order valence-corrected chi connectivity index (χ0v) is 14.7. The molecule has 0 saturated carbocycles. The lowest BCUT2D eigenvalue weighted by Crippen LogP contribution is -2.34. The molecular weight excluding hydrogens is 370 g/mol. The fourth-order valence-electron chi connectivity index (χ4n) is 2.56. The number of nitrogens with one attached hydrogen (secondary N) is 2. The number of aromatic amines is 2. The third-order valence-electron chi connectivity index (χ3n) is 3.87. The van der Waals surface area contributed by atoms with E-state index in [1.807, 2.05) is 30.3 Å². The van der Waals surface area contributed by atoms with Crippen LogP contribution in [-0.2, 0) is 17.9 Å². The van der Waals surface area contributed by atoms with Gasteiger partial charge in [-0.2, -0.15) is 15.4 Å².